The lowest BCUT2D eigenvalue weighted by atomic mass is 9.85. The monoisotopic (exact) mass is 263 g/mol. The molecule has 1 amide bonds. The maximum atomic E-state index is 11.8. The molecule has 0 aromatic carbocycles. The summed E-state index contributed by atoms with van der Waals surface area (Å²) in [5, 5.41) is 8.99. The van der Waals surface area contributed by atoms with Crippen LogP contribution in [0, 0.1) is 5.92 Å². The first kappa shape index (κ1) is 13.5. The van der Waals surface area contributed by atoms with Gasteiger partial charge in [0.15, 0.2) is 5.82 Å². The molecule has 0 radical (unpaired) electrons. The van der Waals surface area contributed by atoms with E-state index in [-0.39, 0.29) is 17.9 Å². The first-order valence-corrected chi connectivity index (χ1v) is 6.38. The molecule has 102 valence electrons. The van der Waals surface area contributed by atoms with Gasteiger partial charge in [-0.15, -0.1) is 0 Å². The Kier molecular flexibility index (Phi) is 4.09. The second-order valence-electron chi connectivity index (χ2n) is 4.80. The zero-order chi connectivity index (χ0) is 13.8. The normalized spacial score (nSPS) is 22.8. The first-order valence-electron chi connectivity index (χ1n) is 6.38. The summed E-state index contributed by atoms with van der Waals surface area (Å²) in [5.74, 6) is -0.577. The molecule has 0 spiro atoms. The van der Waals surface area contributed by atoms with E-state index in [1.807, 2.05) is 0 Å². The molecule has 0 bridgehead atoms. The number of hydrogen-bond acceptors (Lipinski definition) is 4. The summed E-state index contributed by atoms with van der Waals surface area (Å²) in [6, 6.07) is 0.0183. The van der Waals surface area contributed by atoms with Crippen LogP contribution in [0.3, 0.4) is 0 Å². The summed E-state index contributed by atoms with van der Waals surface area (Å²) in [5.41, 5.74) is 0. The van der Waals surface area contributed by atoms with Crippen molar-refractivity contribution in [1.29, 1.82) is 0 Å². The van der Waals surface area contributed by atoms with Crippen molar-refractivity contribution in [2.45, 2.75) is 38.6 Å². The largest absolute Gasteiger partial charge is 0.481 e. The molecule has 1 N–H and O–H groups in total. The zero-order valence-electron chi connectivity index (χ0n) is 10.8. The van der Waals surface area contributed by atoms with Gasteiger partial charge in [-0.05, 0) is 25.7 Å². The molecule has 1 heterocycles. The molecule has 0 atom stereocenters. The smallest absolute Gasteiger partial charge is 0.306 e. The molecule has 6 heteroatoms. The molecule has 19 heavy (non-hydrogen) atoms. The van der Waals surface area contributed by atoms with Crippen molar-refractivity contribution in [3.8, 4) is 0 Å². The van der Waals surface area contributed by atoms with E-state index in [9.17, 15) is 9.59 Å². The Balaban J connectivity index is 2.10. The van der Waals surface area contributed by atoms with E-state index in [4.69, 9.17) is 5.11 Å². The molecule has 1 aromatic heterocycles. The summed E-state index contributed by atoms with van der Waals surface area (Å²) in [6.45, 7) is 1.50. The predicted molar refractivity (Wildman–Crippen MR) is 68.6 cm³/mol. The van der Waals surface area contributed by atoms with Gasteiger partial charge in [0.25, 0.3) is 0 Å². The van der Waals surface area contributed by atoms with Crippen molar-refractivity contribution in [3.63, 3.8) is 0 Å². The van der Waals surface area contributed by atoms with Crippen molar-refractivity contribution in [2.75, 3.05) is 4.90 Å². The van der Waals surface area contributed by atoms with Crippen molar-refractivity contribution in [3.05, 3.63) is 18.6 Å². The van der Waals surface area contributed by atoms with Gasteiger partial charge in [-0.3, -0.25) is 19.5 Å². The molecule has 1 fully saturated rings. The van der Waals surface area contributed by atoms with Crippen LogP contribution < -0.4 is 4.90 Å². The summed E-state index contributed by atoms with van der Waals surface area (Å²) in [6.07, 6.45) is 7.25. The van der Waals surface area contributed by atoms with Crippen LogP contribution >= 0.6 is 0 Å². The zero-order valence-corrected chi connectivity index (χ0v) is 10.8. The number of nitrogens with zero attached hydrogens (tertiary/aromatic N) is 3. The molecule has 0 saturated heterocycles. The minimum Gasteiger partial charge on any atom is -0.481 e. The quantitative estimate of drug-likeness (QED) is 0.892. The molecule has 1 aliphatic carbocycles. The Morgan fingerprint density at radius 1 is 1.26 bits per heavy atom. The molecule has 1 saturated carbocycles. The van der Waals surface area contributed by atoms with Crippen LogP contribution in [0.5, 0.6) is 0 Å². The molecule has 2 rings (SSSR count). The van der Waals surface area contributed by atoms with Gasteiger partial charge in [0.05, 0.1) is 12.1 Å². The van der Waals surface area contributed by atoms with E-state index >= 15 is 0 Å². The summed E-state index contributed by atoms with van der Waals surface area (Å²) in [4.78, 5) is 32.5. The SMILES string of the molecule is CC(=O)N(c1cnccn1)C1CCC(C(=O)O)CC1. The van der Waals surface area contributed by atoms with Crippen LogP contribution in [0.4, 0.5) is 5.82 Å². The molecular weight excluding hydrogens is 246 g/mol. The van der Waals surface area contributed by atoms with E-state index in [1.54, 1.807) is 23.5 Å². The lowest BCUT2D eigenvalue weighted by Crippen LogP contribution is -2.42. The van der Waals surface area contributed by atoms with E-state index < -0.39 is 5.97 Å². The summed E-state index contributed by atoms with van der Waals surface area (Å²) in [7, 11) is 0. The fourth-order valence-corrected chi connectivity index (χ4v) is 2.60. The Morgan fingerprint density at radius 3 is 2.42 bits per heavy atom. The second kappa shape index (κ2) is 5.77. The van der Waals surface area contributed by atoms with Crippen molar-refractivity contribution < 1.29 is 14.7 Å². The minimum atomic E-state index is -0.743. The van der Waals surface area contributed by atoms with E-state index in [0.29, 0.717) is 31.5 Å². The summed E-state index contributed by atoms with van der Waals surface area (Å²) >= 11 is 0. The number of anilines is 1. The Bertz CT molecular complexity index is 455. The average molecular weight is 263 g/mol. The first-order chi connectivity index (χ1) is 9.09. The third-order valence-corrected chi connectivity index (χ3v) is 3.55. The van der Waals surface area contributed by atoms with E-state index in [2.05, 4.69) is 9.97 Å². The van der Waals surface area contributed by atoms with Crippen LogP contribution in [0.1, 0.15) is 32.6 Å². The topological polar surface area (TPSA) is 83.4 Å². The fourth-order valence-electron chi connectivity index (χ4n) is 2.60. The number of amides is 1. The predicted octanol–water partition coefficient (Wildman–Crippen LogP) is 1.47. The van der Waals surface area contributed by atoms with Crippen LogP contribution in [-0.2, 0) is 9.59 Å². The number of carbonyl (C=O) groups excluding carboxylic acids is 1. The highest BCUT2D eigenvalue weighted by molar-refractivity contribution is 5.90. The molecule has 1 aliphatic rings. The Morgan fingerprint density at radius 2 is 1.95 bits per heavy atom. The Labute approximate surface area is 111 Å². The third-order valence-electron chi connectivity index (χ3n) is 3.55. The van der Waals surface area contributed by atoms with Gasteiger partial charge in [-0.25, -0.2) is 4.98 Å². The molecule has 1 aromatic rings. The van der Waals surface area contributed by atoms with Gasteiger partial charge in [-0.2, -0.15) is 0 Å². The average Bonchev–Trinajstić information content (AvgIpc) is 2.40. The van der Waals surface area contributed by atoms with Gasteiger partial charge in [0.1, 0.15) is 0 Å². The van der Waals surface area contributed by atoms with Crippen molar-refractivity contribution >= 4 is 17.7 Å². The van der Waals surface area contributed by atoms with Gasteiger partial charge in [0, 0.05) is 25.4 Å². The van der Waals surface area contributed by atoms with Gasteiger partial charge in [0.2, 0.25) is 5.91 Å². The minimum absolute atomic E-state index is 0.0183. The van der Waals surface area contributed by atoms with Crippen LogP contribution in [0.15, 0.2) is 18.6 Å². The highest BCUT2D eigenvalue weighted by Gasteiger charge is 2.31. The lowest BCUT2D eigenvalue weighted by molar-refractivity contribution is -0.142. The number of carboxylic acid groups (broad SMARTS) is 1. The highest BCUT2D eigenvalue weighted by Crippen LogP contribution is 2.29. The van der Waals surface area contributed by atoms with Crippen LogP contribution in [-0.4, -0.2) is 33.0 Å². The molecule has 0 unspecified atom stereocenters. The number of aliphatic carboxylic acids is 1. The molecule has 6 nitrogen and oxygen atoms in total. The number of rotatable bonds is 3. The lowest BCUT2D eigenvalue weighted by Gasteiger charge is -2.34. The summed E-state index contributed by atoms with van der Waals surface area (Å²) < 4.78 is 0. The number of hydrogen-bond donors (Lipinski definition) is 1. The fraction of sp³-hybridized carbons (Fsp3) is 0.538. The van der Waals surface area contributed by atoms with Crippen LogP contribution in [0.2, 0.25) is 0 Å². The second-order valence-corrected chi connectivity index (χ2v) is 4.80. The third kappa shape index (κ3) is 3.07. The standard InChI is InChI=1S/C13H17N3O3/c1-9(17)16(12-8-14-6-7-15-12)11-4-2-10(3-5-11)13(18)19/h6-8,10-11H,2-5H2,1H3,(H,18,19). The maximum Gasteiger partial charge on any atom is 0.306 e. The molecule has 0 aliphatic heterocycles. The van der Waals surface area contributed by atoms with Crippen molar-refractivity contribution in [1.82, 2.24) is 9.97 Å². The van der Waals surface area contributed by atoms with Gasteiger partial charge >= 0.3 is 5.97 Å². The van der Waals surface area contributed by atoms with Gasteiger partial charge < -0.3 is 5.11 Å². The number of carboxylic acids is 1. The number of carbonyl (C=O) groups is 2. The maximum absolute atomic E-state index is 11.8. The highest BCUT2D eigenvalue weighted by atomic mass is 16.4. The number of aromatic nitrogens is 2. The van der Waals surface area contributed by atoms with Crippen molar-refractivity contribution in [2.24, 2.45) is 5.92 Å². The van der Waals surface area contributed by atoms with Gasteiger partial charge in [-0.1, -0.05) is 0 Å². The molecular formula is C13H17N3O3. The van der Waals surface area contributed by atoms with Crippen LogP contribution in [0.25, 0.3) is 0 Å². The van der Waals surface area contributed by atoms with E-state index in [0.717, 1.165) is 0 Å². The Hall–Kier alpha value is -1.98. The van der Waals surface area contributed by atoms with E-state index in [1.165, 1.54) is 6.92 Å².